The number of fused-ring (bicyclic) bond motifs is 1. The second kappa shape index (κ2) is 5.53. The summed E-state index contributed by atoms with van der Waals surface area (Å²) in [5.41, 5.74) is 10.2. The van der Waals surface area contributed by atoms with Crippen molar-refractivity contribution in [1.82, 2.24) is 0 Å². The van der Waals surface area contributed by atoms with Crippen LogP contribution in [0.1, 0.15) is 39.0 Å². The number of aryl methyl sites for hydroxylation is 2. The quantitative estimate of drug-likeness (QED) is 0.858. The van der Waals surface area contributed by atoms with Gasteiger partial charge in [-0.2, -0.15) is 0 Å². The van der Waals surface area contributed by atoms with Gasteiger partial charge in [0.2, 0.25) is 0 Å². The van der Waals surface area contributed by atoms with E-state index in [0.717, 1.165) is 47.6 Å². The lowest BCUT2D eigenvalue weighted by Gasteiger charge is -2.30. The third-order valence-corrected chi connectivity index (χ3v) is 5.23. The third-order valence-electron chi connectivity index (χ3n) is 4.14. The van der Waals surface area contributed by atoms with Crippen molar-refractivity contribution in [2.45, 2.75) is 33.1 Å². The van der Waals surface area contributed by atoms with Crippen LogP contribution in [0.3, 0.4) is 0 Å². The summed E-state index contributed by atoms with van der Waals surface area (Å²) in [5, 5.41) is 0. The third kappa shape index (κ3) is 2.44. The van der Waals surface area contributed by atoms with Gasteiger partial charge in [-0.15, -0.1) is 11.3 Å². The first-order valence-electron chi connectivity index (χ1n) is 7.40. The predicted molar refractivity (Wildman–Crippen MR) is 89.3 cm³/mol. The number of thiophene rings is 1. The lowest BCUT2D eigenvalue weighted by atomic mass is 9.99. The number of anilines is 2. The number of benzene rings is 1. The van der Waals surface area contributed by atoms with E-state index < -0.39 is 0 Å². The number of nitrogen functional groups attached to an aromatic ring is 1. The molecule has 2 N–H and O–H groups in total. The lowest BCUT2D eigenvalue weighted by Crippen LogP contribution is -2.35. The fourth-order valence-corrected chi connectivity index (χ4v) is 4.03. The Balaban J connectivity index is 1.98. The molecule has 0 bridgehead atoms. The van der Waals surface area contributed by atoms with Gasteiger partial charge < -0.3 is 10.6 Å². The highest BCUT2D eigenvalue weighted by Crippen LogP contribution is 2.33. The fraction of sp³-hybridized carbons (Fsp3) is 0.353. The van der Waals surface area contributed by atoms with Gasteiger partial charge in [0.05, 0.1) is 4.88 Å². The Kier molecular flexibility index (Phi) is 3.72. The van der Waals surface area contributed by atoms with Crippen LogP contribution in [-0.4, -0.2) is 12.5 Å². The van der Waals surface area contributed by atoms with Crippen LogP contribution in [0.25, 0.3) is 0 Å². The smallest absolute Gasteiger partial charge is 0.268 e. The molecule has 0 radical (unpaired) electrons. The van der Waals surface area contributed by atoms with Crippen molar-refractivity contribution in [2.75, 3.05) is 17.2 Å². The molecule has 2 aromatic rings. The molecule has 1 amide bonds. The molecule has 0 unspecified atom stereocenters. The van der Waals surface area contributed by atoms with Crippen molar-refractivity contribution in [1.29, 1.82) is 0 Å². The highest BCUT2D eigenvalue weighted by molar-refractivity contribution is 7.14. The van der Waals surface area contributed by atoms with Gasteiger partial charge in [0.1, 0.15) is 0 Å². The van der Waals surface area contributed by atoms with Crippen LogP contribution < -0.4 is 10.6 Å². The zero-order valence-corrected chi connectivity index (χ0v) is 13.3. The number of amides is 1. The molecular weight excluding hydrogens is 280 g/mol. The van der Waals surface area contributed by atoms with E-state index in [1.54, 1.807) is 11.3 Å². The molecule has 1 aliphatic heterocycles. The molecule has 3 rings (SSSR count). The van der Waals surface area contributed by atoms with Crippen LogP contribution in [0.15, 0.2) is 24.3 Å². The van der Waals surface area contributed by atoms with Gasteiger partial charge in [0, 0.05) is 22.8 Å². The molecule has 0 atom stereocenters. The molecule has 0 fully saturated rings. The maximum absolute atomic E-state index is 12.9. The summed E-state index contributed by atoms with van der Waals surface area (Å²) < 4.78 is 0. The van der Waals surface area contributed by atoms with E-state index in [4.69, 9.17) is 5.73 Å². The number of nitrogens with zero attached hydrogens (tertiary/aromatic N) is 1. The first kappa shape index (κ1) is 14.1. The Morgan fingerprint density at radius 2 is 2.24 bits per heavy atom. The van der Waals surface area contributed by atoms with Crippen LogP contribution in [0.5, 0.6) is 0 Å². The van der Waals surface area contributed by atoms with Gasteiger partial charge in [-0.1, -0.05) is 13.0 Å². The summed E-state index contributed by atoms with van der Waals surface area (Å²) in [6, 6.07) is 7.89. The molecule has 0 spiro atoms. The summed E-state index contributed by atoms with van der Waals surface area (Å²) in [5.74, 6) is 0.106. The first-order chi connectivity index (χ1) is 10.1. The Bertz CT molecular complexity index is 690. The molecule has 110 valence electrons. The normalized spacial score (nSPS) is 14.1. The zero-order valence-electron chi connectivity index (χ0n) is 12.5. The summed E-state index contributed by atoms with van der Waals surface area (Å²) in [6.45, 7) is 4.98. The van der Waals surface area contributed by atoms with Crippen LogP contribution in [0.2, 0.25) is 0 Å². The lowest BCUT2D eigenvalue weighted by molar-refractivity contribution is 0.0989. The maximum Gasteiger partial charge on any atom is 0.268 e. The Morgan fingerprint density at radius 1 is 1.43 bits per heavy atom. The van der Waals surface area contributed by atoms with Crippen molar-refractivity contribution in [2.24, 2.45) is 0 Å². The standard InChI is InChI=1S/C17H20N2OS/c1-3-12-10-16(21-11(12)2)17(20)19-9-5-6-13-14(18)7-4-8-15(13)19/h4,7-8,10H,3,5-6,9,18H2,1-2H3. The van der Waals surface area contributed by atoms with E-state index in [9.17, 15) is 4.79 Å². The van der Waals surface area contributed by atoms with Crippen molar-refractivity contribution in [3.05, 3.63) is 45.1 Å². The highest BCUT2D eigenvalue weighted by atomic mass is 32.1. The van der Waals surface area contributed by atoms with Gasteiger partial charge >= 0.3 is 0 Å². The Hall–Kier alpha value is -1.81. The molecule has 1 aromatic heterocycles. The molecule has 21 heavy (non-hydrogen) atoms. The monoisotopic (exact) mass is 300 g/mol. The Morgan fingerprint density at radius 3 is 2.95 bits per heavy atom. The van der Waals surface area contributed by atoms with Crippen molar-refractivity contribution in [3.8, 4) is 0 Å². The van der Waals surface area contributed by atoms with Crippen LogP contribution in [0, 0.1) is 6.92 Å². The van der Waals surface area contributed by atoms with Crippen molar-refractivity contribution in [3.63, 3.8) is 0 Å². The minimum absolute atomic E-state index is 0.106. The number of carbonyl (C=O) groups excluding carboxylic acids is 1. The highest BCUT2D eigenvalue weighted by Gasteiger charge is 2.26. The molecule has 0 saturated heterocycles. The summed E-state index contributed by atoms with van der Waals surface area (Å²) >= 11 is 1.60. The van der Waals surface area contributed by atoms with Crippen LogP contribution >= 0.6 is 11.3 Å². The number of hydrogen-bond donors (Lipinski definition) is 1. The SMILES string of the molecule is CCc1cc(C(=O)N2CCCc3c(N)cccc32)sc1C. The average molecular weight is 300 g/mol. The second-order valence-electron chi connectivity index (χ2n) is 5.45. The molecule has 0 saturated carbocycles. The first-order valence-corrected chi connectivity index (χ1v) is 8.22. The van der Waals surface area contributed by atoms with Crippen LogP contribution in [0.4, 0.5) is 11.4 Å². The molecule has 4 heteroatoms. The molecule has 2 heterocycles. The van der Waals surface area contributed by atoms with E-state index in [0.29, 0.717) is 0 Å². The molecule has 0 aliphatic carbocycles. The van der Waals surface area contributed by atoms with E-state index in [-0.39, 0.29) is 5.91 Å². The summed E-state index contributed by atoms with van der Waals surface area (Å²) in [7, 11) is 0. The van der Waals surface area contributed by atoms with Crippen molar-refractivity contribution < 1.29 is 4.79 Å². The summed E-state index contributed by atoms with van der Waals surface area (Å²) in [6.07, 6.45) is 2.90. The topological polar surface area (TPSA) is 46.3 Å². The number of rotatable bonds is 2. The molecule has 1 aliphatic rings. The summed E-state index contributed by atoms with van der Waals surface area (Å²) in [4.78, 5) is 16.8. The predicted octanol–water partition coefficient (Wildman–Crippen LogP) is 3.79. The van der Waals surface area contributed by atoms with E-state index in [1.165, 1.54) is 10.4 Å². The van der Waals surface area contributed by atoms with Gasteiger partial charge in [-0.3, -0.25) is 4.79 Å². The van der Waals surface area contributed by atoms with Gasteiger partial charge in [-0.05, 0) is 55.5 Å². The zero-order chi connectivity index (χ0) is 15.0. The molecule has 3 nitrogen and oxygen atoms in total. The van der Waals surface area contributed by atoms with E-state index >= 15 is 0 Å². The van der Waals surface area contributed by atoms with Crippen LogP contribution in [-0.2, 0) is 12.8 Å². The molecule has 1 aromatic carbocycles. The minimum Gasteiger partial charge on any atom is -0.398 e. The fourth-order valence-electron chi connectivity index (χ4n) is 2.97. The maximum atomic E-state index is 12.9. The van der Waals surface area contributed by atoms with Gasteiger partial charge in [0.25, 0.3) is 5.91 Å². The Labute approximate surface area is 129 Å². The van der Waals surface area contributed by atoms with E-state index in [2.05, 4.69) is 13.8 Å². The van der Waals surface area contributed by atoms with Gasteiger partial charge in [0.15, 0.2) is 0 Å². The number of nitrogens with two attached hydrogens (primary N) is 1. The average Bonchev–Trinajstić information content (AvgIpc) is 2.87. The largest absolute Gasteiger partial charge is 0.398 e. The number of hydrogen-bond acceptors (Lipinski definition) is 3. The minimum atomic E-state index is 0.106. The van der Waals surface area contributed by atoms with Crippen molar-refractivity contribution >= 4 is 28.6 Å². The van der Waals surface area contributed by atoms with Gasteiger partial charge in [-0.25, -0.2) is 0 Å². The number of carbonyl (C=O) groups is 1. The van der Waals surface area contributed by atoms with E-state index in [1.807, 2.05) is 29.2 Å². The second-order valence-corrected chi connectivity index (χ2v) is 6.71. The molecular formula is C17H20N2OS.